The van der Waals surface area contributed by atoms with Crippen LogP contribution in [0.25, 0.3) is 0 Å². The van der Waals surface area contributed by atoms with Gasteiger partial charge in [-0.3, -0.25) is 9.59 Å². The smallest absolute Gasteiger partial charge is 0.322 e. The average molecular weight is 208 g/mol. The Bertz CT molecular complexity index is 402. The summed E-state index contributed by atoms with van der Waals surface area (Å²) in [5, 5.41) is 10.6. The Morgan fingerprint density at radius 3 is 2.73 bits per heavy atom. The first kappa shape index (κ1) is 11.0. The van der Waals surface area contributed by atoms with Crippen LogP contribution in [-0.4, -0.2) is 23.5 Å². The summed E-state index contributed by atoms with van der Waals surface area (Å²) in [5.74, 6) is -1.56. The van der Waals surface area contributed by atoms with Gasteiger partial charge in [0.2, 0.25) is 0 Å². The van der Waals surface area contributed by atoms with E-state index in [0.717, 1.165) is 5.56 Å². The van der Waals surface area contributed by atoms with E-state index in [0.29, 0.717) is 11.3 Å². The Hall–Kier alpha value is -2.04. The lowest BCUT2D eigenvalue weighted by Gasteiger charge is -2.06. The molecule has 0 spiro atoms. The number of carboxylic acids is 1. The summed E-state index contributed by atoms with van der Waals surface area (Å²) in [6.07, 6.45) is 0. The van der Waals surface area contributed by atoms with Crippen molar-refractivity contribution in [3.05, 3.63) is 29.3 Å². The molecule has 0 bridgehead atoms. The normalized spacial score (nSPS) is 9.67. The molecule has 0 atom stereocenters. The summed E-state index contributed by atoms with van der Waals surface area (Å²) in [6.45, 7) is 1.42. The van der Waals surface area contributed by atoms with Gasteiger partial charge in [0.05, 0.1) is 5.56 Å². The Kier molecular flexibility index (Phi) is 3.28. The molecule has 5 heteroatoms. The van der Waals surface area contributed by atoms with Gasteiger partial charge < -0.3 is 16.2 Å². The van der Waals surface area contributed by atoms with E-state index in [-0.39, 0.29) is 0 Å². The van der Waals surface area contributed by atoms with Crippen molar-refractivity contribution in [3.8, 4) is 0 Å². The molecule has 0 aliphatic rings. The van der Waals surface area contributed by atoms with Gasteiger partial charge in [-0.25, -0.2) is 0 Å². The third-order valence-electron chi connectivity index (χ3n) is 1.85. The molecule has 1 rings (SSSR count). The van der Waals surface area contributed by atoms with Crippen LogP contribution in [0.15, 0.2) is 18.2 Å². The summed E-state index contributed by atoms with van der Waals surface area (Å²) < 4.78 is 0. The van der Waals surface area contributed by atoms with Crippen LogP contribution in [0, 0.1) is 6.92 Å². The van der Waals surface area contributed by atoms with Gasteiger partial charge in [0.15, 0.2) is 0 Å². The van der Waals surface area contributed by atoms with Gasteiger partial charge in [0.1, 0.15) is 6.54 Å². The number of aliphatic carboxylic acids is 1. The van der Waals surface area contributed by atoms with Crippen LogP contribution in [0.2, 0.25) is 0 Å². The quantitative estimate of drug-likeness (QED) is 0.626. The fraction of sp³-hybridized carbons (Fsp3) is 0.200. The fourth-order valence-electron chi connectivity index (χ4n) is 1.12. The summed E-state index contributed by atoms with van der Waals surface area (Å²) in [5.41, 5.74) is 7.12. The second kappa shape index (κ2) is 4.45. The number of hydrogen-bond donors (Lipinski definition) is 3. The second-order valence-electron chi connectivity index (χ2n) is 3.17. The Morgan fingerprint density at radius 1 is 1.47 bits per heavy atom. The maximum absolute atomic E-state index is 11.5. The van der Waals surface area contributed by atoms with Crippen molar-refractivity contribution < 1.29 is 14.7 Å². The maximum Gasteiger partial charge on any atom is 0.322 e. The highest BCUT2D eigenvalue weighted by Crippen LogP contribution is 2.13. The third kappa shape index (κ3) is 2.98. The highest BCUT2D eigenvalue weighted by Gasteiger charge is 2.10. The van der Waals surface area contributed by atoms with Crippen LogP contribution in [0.1, 0.15) is 15.9 Å². The molecule has 15 heavy (non-hydrogen) atoms. The maximum atomic E-state index is 11.5. The molecule has 0 aliphatic heterocycles. The van der Waals surface area contributed by atoms with Crippen molar-refractivity contribution in [1.29, 1.82) is 0 Å². The number of carbonyl (C=O) groups excluding carboxylic acids is 1. The van der Waals surface area contributed by atoms with E-state index in [1.165, 1.54) is 0 Å². The van der Waals surface area contributed by atoms with E-state index in [1.54, 1.807) is 18.2 Å². The van der Waals surface area contributed by atoms with Crippen LogP contribution in [0.4, 0.5) is 5.69 Å². The summed E-state index contributed by atoms with van der Waals surface area (Å²) in [4.78, 5) is 21.7. The van der Waals surface area contributed by atoms with Crippen molar-refractivity contribution in [2.75, 3.05) is 12.3 Å². The van der Waals surface area contributed by atoms with E-state index >= 15 is 0 Å². The first-order valence-electron chi connectivity index (χ1n) is 4.37. The molecule has 1 amide bonds. The van der Waals surface area contributed by atoms with Gasteiger partial charge in [-0.05, 0) is 19.1 Å². The number of rotatable bonds is 3. The average Bonchev–Trinajstić information content (AvgIpc) is 2.18. The lowest BCUT2D eigenvalue weighted by atomic mass is 10.1. The van der Waals surface area contributed by atoms with Gasteiger partial charge in [-0.1, -0.05) is 11.6 Å². The first-order valence-corrected chi connectivity index (χ1v) is 4.37. The zero-order valence-corrected chi connectivity index (χ0v) is 8.28. The zero-order chi connectivity index (χ0) is 11.4. The van der Waals surface area contributed by atoms with E-state index < -0.39 is 18.4 Å². The second-order valence-corrected chi connectivity index (χ2v) is 3.17. The first-order chi connectivity index (χ1) is 7.00. The van der Waals surface area contributed by atoms with Crippen LogP contribution in [-0.2, 0) is 4.79 Å². The number of nitrogens with two attached hydrogens (primary N) is 1. The topological polar surface area (TPSA) is 92.4 Å². The Morgan fingerprint density at radius 2 is 2.13 bits per heavy atom. The number of amides is 1. The summed E-state index contributed by atoms with van der Waals surface area (Å²) in [6, 6.07) is 5.01. The number of aryl methyl sites for hydroxylation is 1. The van der Waals surface area contributed by atoms with Crippen LogP contribution in [0.5, 0.6) is 0 Å². The van der Waals surface area contributed by atoms with Crippen molar-refractivity contribution in [3.63, 3.8) is 0 Å². The van der Waals surface area contributed by atoms with Crippen LogP contribution < -0.4 is 11.1 Å². The van der Waals surface area contributed by atoms with Crippen molar-refractivity contribution in [2.24, 2.45) is 0 Å². The summed E-state index contributed by atoms with van der Waals surface area (Å²) in [7, 11) is 0. The van der Waals surface area contributed by atoms with E-state index in [9.17, 15) is 9.59 Å². The molecule has 4 N–H and O–H groups in total. The predicted molar refractivity (Wildman–Crippen MR) is 55.6 cm³/mol. The van der Waals surface area contributed by atoms with Gasteiger partial charge in [0.25, 0.3) is 5.91 Å². The van der Waals surface area contributed by atoms with Crippen molar-refractivity contribution in [2.45, 2.75) is 6.92 Å². The predicted octanol–water partition coefficient (Wildman–Crippen LogP) is 0.392. The SMILES string of the molecule is Cc1ccc(N)c(C(=O)NCC(=O)O)c1. The number of carbonyl (C=O) groups is 2. The highest BCUT2D eigenvalue weighted by molar-refractivity contribution is 6.00. The highest BCUT2D eigenvalue weighted by atomic mass is 16.4. The Balaban J connectivity index is 2.81. The molecule has 1 aromatic rings. The minimum absolute atomic E-state index is 0.302. The molecule has 1 aromatic carbocycles. The van der Waals surface area contributed by atoms with Gasteiger partial charge in [-0.2, -0.15) is 0 Å². The molecule has 5 nitrogen and oxygen atoms in total. The lowest BCUT2D eigenvalue weighted by Crippen LogP contribution is -2.29. The molecule has 0 aromatic heterocycles. The van der Waals surface area contributed by atoms with Crippen molar-refractivity contribution >= 4 is 17.6 Å². The van der Waals surface area contributed by atoms with Crippen LogP contribution in [0.3, 0.4) is 0 Å². The molecule has 0 radical (unpaired) electrons. The monoisotopic (exact) mass is 208 g/mol. The minimum atomic E-state index is -1.09. The molecule has 0 heterocycles. The molecule has 80 valence electrons. The Labute approximate surface area is 86.9 Å². The zero-order valence-electron chi connectivity index (χ0n) is 8.28. The van der Waals surface area contributed by atoms with Crippen LogP contribution >= 0.6 is 0 Å². The molecule has 0 fully saturated rings. The number of nitrogens with one attached hydrogen (secondary N) is 1. The van der Waals surface area contributed by atoms with E-state index in [1.807, 2.05) is 6.92 Å². The van der Waals surface area contributed by atoms with E-state index in [2.05, 4.69) is 5.32 Å². The van der Waals surface area contributed by atoms with E-state index in [4.69, 9.17) is 10.8 Å². The minimum Gasteiger partial charge on any atom is -0.480 e. The lowest BCUT2D eigenvalue weighted by molar-refractivity contribution is -0.135. The molecule has 0 saturated heterocycles. The molecular formula is C10H12N2O3. The van der Waals surface area contributed by atoms with Crippen molar-refractivity contribution in [1.82, 2.24) is 5.32 Å². The number of anilines is 1. The number of carboxylic acid groups (broad SMARTS) is 1. The number of benzene rings is 1. The standard InChI is InChI=1S/C10H12N2O3/c1-6-2-3-8(11)7(4-6)10(15)12-5-9(13)14/h2-4H,5,11H2,1H3,(H,12,15)(H,13,14). The molecule has 0 unspecified atom stereocenters. The number of hydrogen-bond acceptors (Lipinski definition) is 3. The molecular weight excluding hydrogens is 196 g/mol. The third-order valence-corrected chi connectivity index (χ3v) is 1.85. The molecule has 0 saturated carbocycles. The van der Waals surface area contributed by atoms with Gasteiger partial charge in [-0.15, -0.1) is 0 Å². The largest absolute Gasteiger partial charge is 0.480 e. The number of nitrogen functional groups attached to an aromatic ring is 1. The fourth-order valence-corrected chi connectivity index (χ4v) is 1.12. The van der Waals surface area contributed by atoms with Gasteiger partial charge >= 0.3 is 5.97 Å². The molecule has 0 aliphatic carbocycles. The van der Waals surface area contributed by atoms with Gasteiger partial charge in [0, 0.05) is 5.69 Å². The summed E-state index contributed by atoms with van der Waals surface area (Å²) >= 11 is 0.